The highest BCUT2D eigenvalue weighted by Gasteiger charge is 2.30. The van der Waals surface area contributed by atoms with Crippen molar-refractivity contribution in [3.05, 3.63) is 40.4 Å². The normalized spacial score (nSPS) is 18.1. The lowest BCUT2D eigenvalue weighted by Gasteiger charge is -2.32. The van der Waals surface area contributed by atoms with Gasteiger partial charge in [0, 0.05) is 49.5 Å². The molecule has 1 aromatic heterocycles. The molecule has 9 heteroatoms. The smallest absolute Gasteiger partial charge is 0.224 e. The summed E-state index contributed by atoms with van der Waals surface area (Å²) in [7, 11) is 1.59. The second-order valence-electron chi connectivity index (χ2n) is 11.1. The third-order valence-corrected chi connectivity index (χ3v) is 9.41. The van der Waals surface area contributed by atoms with Crippen molar-refractivity contribution in [1.29, 1.82) is 0 Å². The molecule has 1 aliphatic carbocycles. The topological polar surface area (TPSA) is 91.4 Å². The van der Waals surface area contributed by atoms with E-state index in [2.05, 4.69) is 27.1 Å². The van der Waals surface area contributed by atoms with Gasteiger partial charge in [0.2, 0.25) is 11.8 Å². The average molecular weight is 573 g/mol. The van der Waals surface area contributed by atoms with Gasteiger partial charge in [-0.25, -0.2) is 4.98 Å². The van der Waals surface area contributed by atoms with E-state index in [1.807, 2.05) is 12.1 Å². The van der Waals surface area contributed by atoms with Crippen molar-refractivity contribution >= 4 is 50.8 Å². The van der Waals surface area contributed by atoms with Crippen molar-refractivity contribution in [1.82, 2.24) is 20.5 Å². The Morgan fingerprint density at radius 1 is 1.15 bits per heavy atom. The van der Waals surface area contributed by atoms with E-state index in [1.165, 1.54) is 30.6 Å². The first kappa shape index (κ1) is 29.7. The highest BCUT2D eigenvalue weighted by molar-refractivity contribution is 7.18. The van der Waals surface area contributed by atoms with Gasteiger partial charge in [0.1, 0.15) is 0 Å². The summed E-state index contributed by atoms with van der Waals surface area (Å²) in [4.78, 5) is 46.0. The van der Waals surface area contributed by atoms with Crippen molar-refractivity contribution in [2.24, 2.45) is 11.8 Å². The van der Waals surface area contributed by atoms with Gasteiger partial charge in [0.05, 0.1) is 21.1 Å². The lowest BCUT2D eigenvalue weighted by Crippen LogP contribution is -2.45. The van der Waals surface area contributed by atoms with Crippen LogP contribution in [0.3, 0.4) is 0 Å². The number of amides is 2. The number of thiazole rings is 1. The van der Waals surface area contributed by atoms with E-state index in [9.17, 15) is 14.4 Å². The zero-order valence-electron chi connectivity index (χ0n) is 23.0. The number of nitrogens with zero attached hydrogens (tertiary/aromatic N) is 2. The average Bonchev–Trinajstić information content (AvgIpc) is 3.59. The van der Waals surface area contributed by atoms with E-state index in [4.69, 9.17) is 11.6 Å². The highest BCUT2D eigenvalue weighted by atomic mass is 35.5. The van der Waals surface area contributed by atoms with E-state index < -0.39 is 5.92 Å². The minimum atomic E-state index is -0.548. The monoisotopic (exact) mass is 572 g/mol. The molecule has 2 atom stereocenters. The zero-order chi connectivity index (χ0) is 27.8. The van der Waals surface area contributed by atoms with Crippen molar-refractivity contribution in [2.75, 3.05) is 26.7 Å². The maximum atomic E-state index is 13.7. The lowest BCUT2D eigenvalue weighted by atomic mass is 9.81. The van der Waals surface area contributed by atoms with Gasteiger partial charge in [-0.15, -0.1) is 11.3 Å². The third-order valence-electron chi connectivity index (χ3n) is 8.13. The number of ketones is 1. The summed E-state index contributed by atoms with van der Waals surface area (Å²) in [5, 5.41) is 7.40. The first-order valence-corrected chi connectivity index (χ1v) is 15.5. The fourth-order valence-electron chi connectivity index (χ4n) is 5.85. The van der Waals surface area contributed by atoms with Gasteiger partial charge in [-0.2, -0.15) is 0 Å². The summed E-state index contributed by atoms with van der Waals surface area (Å²) < 4.78 is 0.962. The fourth-order valence-corrected chi connectivity index (χ4v) is 7.18. The fraction of sp³-hybridized carbons (Fsp3) is 0.600. The zero-order valence-corrected chi connectivity index (χ0v) is 24.5. The number of carbonyl (C=O) groups is 3. The lowest BCUT2D eigenvalue weighted by molar-refractivity contribution is -0.131. The molecule has 2 fully saturated rings. The Labute approximate surface area is 240 Å². The summed E-state index contributed by atoms with van der Waals surface area (Å²) in [6.07, 6.45) is 9.39. The molecule has 1 saturated heterocycles. The molecular formula is C30H41ClN4O3S. The van der Waals surface area contributed by atoms with Crippen LogP contribution in [0.5, 0.6) is 0 Å². The first-order chi connectivity index (χ1) is 18.8. The molecular weight excluding hydrogens is 532 g/mol. The first-order valence-electron chi connectivity index (χ1n) is 14.3. The quantitative estimate of drug-likeness (QED) is 0.317. The summed E-state index contributed by atoms with van der Waals surface area (Å²) >= 11 is 7.65. The van der Waals surface area contributed by atoms with Gasteiger partial charge < -0.3 is 10.6 Å². The standard InChI is InChI=1S/C30H41ClN4O3S/c1-20(19-35-14-6-7-15-35)26(36)13-12-24(21-8-4-3-5-9-21)34-30(38)22(16-28(37)32-2)17-29-33-25-11-10-23(31)18-27(25)39-29/h10-11,18,21-22,24H,1,3-9,12-17,19H2,2H3,(H,32,37)(H,34,38)/t22-,24+/m0/s1. The van der Waals surface area contributed by atoms with E-state index in [0.717, 1.165) is 54.0 Å². The Morgan fingerprint density at radius 2 is 1.90 bits per heavy atom. The molecule has 0 radical (unpaired) electrons. The minimum absolute atomic E-state index is 0.0853. The largest absolute Gasteiger partial charge is 0.359 e. The summed E-state index contributed by atoms with van der Waals surface area (Å²) in [6.45, 7) is 6.77. The molecule has 2 aliphatic rings. The minimum Gasteiger partial charge on any atom is -0.359 e. The van der Waals surface area contributed by atoms with Gasteiger partial charge >= 0.3 is 0 Å². The number of Topliss-reactive ketones (excluding diaryl/α,β-unsaturated/α-hetero) is 1. The molecule has 1 aliphatic heterocycles. The number of rotatable bonds is 13. The van der Waals surface area contributed by atoms with E-state index >= 15 is 0 Å². The molecule has 1 aromatic carbocycles. The van der Waals surface area contributed by atoms with Gasteiger partial charge in [0.25, 0.3) is 0 Å². The molecule has 4 rings (SSSR count). The molecule has 1 saturated carbocycles. The Bertz CT molecular complexity index is 1170. The molecule has 2 amide bonds. The van der Waals surface area contributed by atoms with Crippen LogP contribution in [0, 0.1) is 11.8 Å². The molecule has 0 spiro atoms. The Hall–Kier alpha value is -2.29. The van der Waals surface area contributed by atoms with Gasteiger partial charge in [-0.1, -0.05) is 37.4 Å². The Morgan fingerprint density at radius 3 is 2.62 bits per heavy atom. The van der Waals surface area contributed by atoms with Gasteiger partial charge in [-0.3, -0.25) is 19.3 Å². The van der Waals surface area contributed by atoms with Crippen LogP contribution >= 0.6 is 22.9 Å². The van der Waals surface area contributed by atoms with Crippen LogP contribution < -0.4 is 10.6 Å². The second-order valence-corrected chi connectivity index (χ2v) is 12.6. The maximum absolute atomic E-state index is 13.7. The maximum Gasteiger partial charge on any atom is 0.224 e. The van der Waals surface area contributed by atoms with Crippen LogP contribution in [0.25, 0.3) is 10.2 Å². The number of aromatic nitrogens is 1. The number of halogens is 1. The van der Waals surface area contributed by atoms with Crippen LogP contribution in [0.2, 0.25) is 5.02 Å². The molecule has 7 nitrogen and oxygen atoms in total. The predicted molar refractivity (Wildman–Crippen MR) is 158 cm³/mol. The molecule has 2 heterocycles. The Kier molecular flexibility index (Phi) is 10.9. The van der Waals surface area contributed by atoms with Crippen molar-refractivity contribution in [2.45, 2.75) is 76.7 Å². The predicted octanol–water partition coefficient (Wildman–Crippen LogP) is 5.31. The van der Waals surface area contributed by atoms with Crippen molar-refractivity contribution in [3.63, 3.8) is 0 Å². The van der Waals surface area contributed by atoms with Crippen LogP contribution in [0.15, 0.2) is 30.4 Å². The summed E-state index contributed by atoms with van der Waals surface area (Å²) in [6, 6.07) is 5.46. The summed E-state index contributed by atoms with van der Waals surface area (Å²) in [5.74, 6) is -0.441. The van der Waals surface area contributed by atoms with Crippen molar-refractivity contribution in [3.8, 4) is 0 Å². The van der Waals surface area contributed by atoms with E-state index in [0.29, 0.717) is 42.3 Å². The number of benzene rings is 1. The number of hydrogen-bond acceptors (Lipinski definition) is 6. The highest BCUT2D eigenvalue weighted by Crippen LogP contribution is 2.30. The van der Waals surface area contributed by atoms with Crippen LogP contribution in [-0.2, 0) is 20.8 Å². The number of fused-ring (bicyclic) bond motifs is 1. The molecule has 2 aromatic rings. The molecule has 39 heavy (non-hydrogen) atoms. The SMILES string of the molecule is C=C(CN1CCCC1)C(=O)CC[C@@H](NC(=O)[C@@H](CC(=O)NC)Cc1nc2ccc(Cl)cc2s1)C1CCCCC1. The second kappa shape index (κ2) is 14.4. The molecule has 2 N–H and O–H groups in total. The third kappa shape index (κ3) is 8.60. The van der Waals surface area contributed by atoms with Gasteiger partial charge in [-0.05, 0) is 69.3 Å². The Balaban J connectivity index is 1.43. The number of nitrogens with one attached hydrogen (secondary N) is 2. The number of likely N-dealkylation sites (tertiary alicyclic amines) is 1. The summed E-state index contributed by atoms with van der Waals surface area (Å²) in [5.41, 5.74) is 1.50. The number of carbonyl (C=O) groups excluding carboxylic acids is 3. The van der Waals surface area contributed by atoms with Crippen LogP contribution in [0.4, 0.5) is 0 Å². The van der Waals surface area contributed by atoms with Crippen molar-refractivity contribution < 1.29 is 14.4 Å². The molecule has 0 bridgehead atoms. The van der Waals surface area contributed by atoms with E-state index in [-0.39, 0.29) is 30.1 Å². The van der Waals surface area contributed by atoms with Crippen LogP contribution in [0.1, 0.15) is 69.2 Å². The van der Waals surface area contributed by atoms with E-state index in [1.54, 1.807) is 13.1 Å². The van der Waals surface area contributed by atoms with Gasteiger partial charge in [0.15, 0.2) is 5.78 Å². The molecule has 212 valence electrons. The molecule has 0 unspecified atom stereocenters. The number of hydrogen-bond donors (Lipinski definition) is 2. The van der Waals surface area contributed by atoms with Crippen LogP contribution in [-0.4, -0.2) is 60.2 Å².